The van der Waals surface area contributed by atoms with Gasteiger partial charge in [0.15, 0.2) is 4.67 Å². The van der Waals surface area contributed by atoms with E-state index in [-0.39, 0.29) is 0 Å². The maximum absolute atomic E-state index is 10.3. The lowest BCUT2D eigenvalue weighted by Gasteiger charge is -2.05. The highest BCUT2D eigenvalue weighted by molar-refractivity contribution is 9.10. The van der Waals surface area contributed by atoms with E-state index in [1.54, 1.807) is 12.1 Å². The van der Waals surface area contributed by atoms with Crippen LogP contribution in [0.15, 0.2) is 45.5 Å². The summed E-state index contributed by atoms with van der Waals surface area (Å²) in [4.78, 5) is 0. The molecule has 5 heteroatoms. The second-order valence-electron chi connectivity index (χ2n) is 4.64. The van der Waals surface area contributed by atoms with Gasteiger partial charge in [0, 0.05) is 18.4 Å². The summed E-state index contributed by atoms with van der Waals surface area (Å²) in [5.41, 5.74) is 1.99. The molecule has 0 aliphatic heterocycles. The number of fused-ring (bicyclic) bond motifs is 1. The molecule has 4 nitrogen and oxygen atoms in total. The zero-order valence-corrected chi connectivity index (χ0v) is 12.7. The Bertz CT molecular complexity index is 732. The second kappa shape index (κ2) is 5.42. The van der Waals surface area contributed by atoms with Crippen molar-refractivity contribution in [2.45, 2.75) is 26.0 Å². The number of benzene rings is 1. The molecule has 0 amide bonds. The highest BCUT2D eigenvalue weighted by atomic mass is 79.9. The highest BCUT2D eigenvalue weighted by Crippen LogP contribution is 2.26. The first-order valence-electron chi connectivity index (χ1n) is 6.56. The molecule has 104 valence electrons. The van der Waals surface area contributed by atoms with E-state index in [1.807, 2.05) is 28.9 Å². The first kappa shape index (κ1) is 13.4. The molecule has 1 atom stereocenters. The molecule has 0 fully saturated rings. The zero-order valence-electron chi connectivity index (χ0n) is 11.1. The van der Waals surface area contributed by atoms with E-state index in [0.717, 1.165) is 23.1 Å². The van der Waals surface area contributed by atoms with E-state index in [0.29, 0.717) is 16.9 Å². The minimum Gasteiger partial charge on any atom is -0.452 e. The molecule has 0 aliphatic carbocycles. The third-order valence-electron chi connectivity index (χ3n) is 3.34. The summed E-state index contributed by atoms with van der Waals surface area (Å²) in [5.74, 6) is 0.548. The number of aromatic nitrogens is 2. The molecule has 1 N–H and O–H groups in total. The molecule has 0 aliphatic rings. The molecule has 0 bridgehead atoms. The normalized spacial score (nSPS) is 12.9. The van der Waals surface area contributed by atoms with Crippen molar-refractivity contribution >= 4 is 26.8 Å². The maximum Gasteiger partial charge on any atom is 0.169 e. The molecule has 0 spiro atoms. The summed E-state index contributed by atoms with van der Waals surface area (Å²) in [5, 5.41) is 15.9. The standard InChI is InChI=1S/C15H15BrN2O2/c1-2-18-12-6-4-3-5-10(12)11(17-18)9-13(19)14-7-8-15(16)20-14/h3-8,13,19H,2,9H2,1H3. The van der Waals surface area contributed by atoms with Crippen LogP contribution < -0.4 is 0 Å². The van der Waals surface area contributed by atoms with Crippen LogP contribution in [0.5, 0.6) is 0 Å². The summed E-state index contributed by atoms with van der Waals surface area (Å²) < 4.78 is 7.97. The van der Waals surface area contributed by atoms with Gasteiger partial charge in [-0.25, -0.2) is 0 Å². The Labute approximate surface area is 125 Å². The molecule has 0 radical (unpaired) electrons. The van der Waals surface area contributed by atoms with Gasteiger partial charge in [0.1, 0.15) is 11.9 Å². The van der Waals surface area contributed by atoms with Gasteiger partial charge in [0.05, 0.1) is 11.2 Å². The smallest absolute Gasteiger partial charge is 0.169 e. The molecular weight excluding hydrogens is 320 g/mol. The van der Waals surface area contributed by atoms with E-state index in [4.69, 9.17) is 4.42 Å². The van der Waals surface area contributed by atoms with Crippen molar-refractivity contribution < 1.29 is 9.52 Å². The van der Waals surface area contributed by atoms with E-state index in [9.17, 15) is 5.11 Å². The lowest BCUT2D eigenvalue weighted by Crippen LogP contribution is -2.03. The van der Waals surface area contributed by atoms with Crippen LogP contribution in [-0.4, -0.2) is 14.9 Å². The van der Waals surface area contributed by atoms with E-state index in [1.165, 1.54) is 0 Å². The van der Waals surface area contributed by atoms with Crippen molar-refractivity contribution in [3.8, 4) is 0 Å². The SMILES string of the molecule is CCn1nc(CC(O)c2ccc(Br)o2)c2ccccc21. The Morgan fingerprint density at radius 3 is 2.80 bits per heavy atom. The molecule has 3 aromatic rings. The number of halogens is 1. The fraction of sp³-hybridized carbons (Fsp3) is 0.267. The Morgan fingerprint density at radius 1 is 1.30 bits per heavy atom. The van der Waals surface area contributed by atoms with Gasteiger partial charge >= 0.3 is 0 Å². The molecule has 20 heavy (non-hydrogen) atoms. The van der Waals surface area contributed by atoms with Crippen molar-refractivity contribution in [2.75, 3.05) is 0 Å². The largest absolute Gasteiger partial charge is 0.452 e. The van der Waals surface area contributed by atoms with Gasteiger partial charge < -0.3 is 9.52 Å². The van der Waals surface area contributed by atoms with Gasteiger partial charge in [0.2, 0.25) is 0 Å². The number of aliphatic hydroxyl groups is 1. The van der Waals surface area contributed by atoms with Gasteiger partial charge in [-0.2, -0.15) is 5.10 Å². The average molecular weight is 335 g/mol. The zero-order chi connectivity index (χ0) is 14.1. The summed E-state index contributed by atoms with van der Waals surface area (Å²) >= 11 is 3.24. The number of aliphatic hydroxyl groups excluding tert-OH is 1. The van der Waals surface area contributed by atoms with Gasteiger partial charge in [-0.3, -0.25) is 4.68 Å². The Kier molecular flexibility index (Phi) is 3.63. The van der Waals surface area contributed by atoms with Crippen LogP contribution in [0.2, 0.25) is 0 Å². The molecular formula is C15H15BrN2O2. The summed E-state index contributed by atoms with van der Waals surface area (Å²) in [7, 11) is 0. The molecule has 2 heterocycles. The Balaban J connectivity index is 1.94. The van der Waals surface area contributed by atoms with Gasteiger partial charge in [0.25, 0.3) is 0 Å². The van der Waals surface area contributed by atoms with E-state index in [2.05, 4.69) is 28.0 Å². The molecule has 2 aromatic heterocycles. The van der Waals surface area contributed by atoms with Crippen molar-refractivity contribution in [1.29, 1.82) is 0 Å². The molecule has 1 unspecified atom stereocenters. The highest BCUT2D eigenvalue weighted by Gasteiger charge is 2.17. The van der Waals surface area contributed by atoms with E-state index < -0.39 is 6.10 Å². The van der Waals surface area contributed by atoms with Crippen LogP contribution in [0.1, 0.15) is 24.5 Å². The minimum atomic E-state index is -0.690. The number of aryl methyl sites for hydroxylation is 1. The Hall–Kier alpha value is -1.59. The first-order chi connectivity index (χ1) is 9.69. The lowest BCUT2D eigenvalue weighted by molar-refractivity contribution is 0.148. The molecule has 0 saturated heterocycles. The average Bonchev–Trinajstić information content (AvgIpc) is 3.03. The van der Waals surface area contributed by atoms with Gasteiger partial charge in [-0.1, -0.05) is 18.2 Å². The van der Waals surface area contributed by atoms with Crippen LogP contribution in [0.3, 0.4) is 0 Å². The first-order valence-corrected chi connectivity index (χ1v) is 7.36. The van der Waals surface area contributed by atoms with Crippen LogP contribution in [0.25, 0.3) is 10.9 Å². The summed E-state index contributed by atoms with van der Waals surface area (Å²) in [6.45, 7) is 2.87. The van der Waals surface area contributed by atoms with Crippen LogP contribution >= 0.6 is 15.9 Å². The van der Waals surface area contributed by atoms with Gasteiger partial charge in [-0.05, 0) is 41.1 Å². The van der Waals surface area contributed by atoms with Crippen LogP contribution in [-0.2, 0) is 13.0 Å². The topological polar surface area (TPSA) is 51.2 Å². The fourth-order valence-corrected chi connectivity index (χ4v) is 2.70. The number of furan rings is 1. The number of para-hydroxylation sites is 1. The maximum atomic E-state index is 10.3. The monoisotopic (exact) mass is 334 g/mol. The van der Waals surface area contributed by atoms with Crippen molar-refractivity contribution in [3.63, 3.8) is 0 Å². The number of nitrogens with zero attached hydrogens (tertiary/aromatic N) is 2. The fourth-order valence-electron chi connectivity index (χ4n) is 2.38. The quantitative estimate of drug-likeness (QED) is 0.791. The van der Waals surface area contributed by atoms with Crippen LogP contribution in [0.4, 0.5) is 0 Å². The van der Waals surface area contributed by atoms with Crippen molar-refractivity contribution in [3.05, 3.63) is 52.5 Å². The summed E-state index contributed by atoms with van der Waals surface area (Å²) in [6, 6.07) is 11.6. The number of hydrogen-bond acceptors (Lipinski definition) is 3. The number of rotatable bonds is 4. The summed E-state index contributed by atoms with van der Waals surface area (Å²) in [6.07, 6.45) is -0.252. The third-order valence-corrected chi connectivity index (χ3v) is 3.77. The lowest BCUT2D eigenvalue weighted by atomic mass is 10.1. The third kappa shape index (κ3) is 2.39. The van der Waals surface area contributed by atoms with Crippen molar-refractivity contribution in [1.82, 2.24) is 9.78 Å². The Morgan fingerprint density at radius 2 is 2.10 bits per heavy atom. The molecule has 0 saturated carbocycles. The van der Waals surface area contributed by atoms with Crippen LogP contribution in [0, 0.1) is 0 Å². The molecule has 3 rings (SSSR count). The van der Waals surface area contributed by atoms with E-state index >= 15 is 0 Å². The predicted molar refractivity (Wildman–Crippen MR) is 80.5 cm³/mol. The predicted octanol–water partition coefficient (Wildman–Crippen LogP) is 3.69. The van der Waals surface area contributed by atoms with Gasteiger partial charge in [-0.15, -0.1) is 0 Å². The second-order valence-corrected chi connectivity index (χ2v) is 5.42. The number of hydrogen-bond donors (Lipinski definition) is 1. The molecule has 1 aromatic carbocycles. The van der Waals surface area contributed by atoms with Crippen molar-refractivity contribution in [2.24, 2.45) is 0 Å². The minimum absolute atomic E-state index is 0.438.